The first kappa shape index (κ1) is 15.9. The number of halogens is 1. The Bertz CT molecular complexity index is 1040. The first-order chi connectivity index (χ1) is 11.3. The number of pyridine rings is 1. The second-order valence-electron chi connectivity index (χ2n) is 5.08. The average Bonchev–Trinajstić information content (AvgIpc) is 2.86. The first-order valence-electron chi connectivity index (χ1n) is 6.89. The van der Waals surface area contributed by atoms with Gasteiger partial charge in [-0.1, -0.05) is 6.07 Å². The van der Waals surface area contributed by atoms with Gasteiger partial charge in [0, 0.05) is 11.8 Å². The largest absolute Gasteiger partial charge is 0.294 e. The Morgan fingerprint density at radius 1 is 1.21 bits per heavy atom. The van der Waals surface area contributed by atoms with E-state index in [2.05, 4.69) is 14.8 Å². The molecule has 0 aliphatic carbocycles. The van der Waals surface area contributed by atoms with E-state index in [4.69, 9.17) is 0 Å². The number of aromatic amines is 1. The van der Waals surface area contributed by atoms with Crippen molar-refractivity contribution in [1.82, 2.24) is 14.8 Å². The van der Waals surface area contributed by atoms with Crippen molar-refractivity contribution in [2.75, 3.05) is 4.72 Å². The molecule has 0 saturated heterocycles. The second-order valence-corrected chi connectivity index (χ2v) is 6.76. The molecule has 9 heteroatoms. The number of hydrogen-bond donors (Lipinski definition) is 2. The number of H-pyrrole nitrogens is 1. The minimum absolute atomic E-state index is 0.192. The SMILES string of the molecule is Cc1cc(=O)n(-c2ccc(NS(=O)(=O)c3cccc(F)c3)cn2)[nH]1. The minimum Gasteiger partial charge on any atom is -0.294 e. The normalized spacial score (nSPS) is 11.4. The van der Waals surface area contributed by atoms with Gasteiger partial charge < -0.3 is 0 Å². The Balaban J connectivity index is 1.86. The molecule has 2 N–H and O–H groups in total. The number of benzene rings is 1. The molecule has 0 aliphatic heterocycles. The molecule has 1 aromatic carbocycles. The zero-order valence-electron chi connectivity index (χ0n) is 12.5. The van der Waals surface area contributed by atoms with E-state index >= 15 is 0 Å². The standard InChI is InChI=1S/C15H13FN4O3S/c1-10-7-15(21)20(18-10)14-6-5-12(9-17-14)19-24(22,23)13-4-2-3-11(16)8-13/h2-9,18-19H,1H3. The third-order valence-electron chi connectivity index (χ3n) is 3.18. The Morgan fingerprint density at radius 2 is 2.00 bits per heavy atom. The third kappa shape index (κ3) is 3.20. The lowest BCUT2D eigenvalue weighted by Gasteiger charge is -2.08. The van der Waals surface area contributed by atoms with Crippen LogP contribution >= 0.6 is 0 Å². The van der Waals surface area contributed by atoms with Crippen LogP contribution in [0, 0.1) is 12.7 Å². The van der Waals surface area contributed by atoms with Crippen molar-refractivity contribution in [3.8, 4) is 5.82 Å². The highest BCUT2D eigenvalue weighted by Crippen LogP contribution is 2.16. The highest BCUT2D eigenvalue weighted by molar-refractivity contribution is 7.92. The lowest BCUT2D eigenvalue weighted by atomic mass is 10.4. The molecule has 124 valence electrons. The number of anilines is 1. The van der Waals surface area contributed by atoms with Crippen LogP contribution in [-0.2, 0) is 10.0 Å². The lowest BCUT2D eigenvalue weighted by Crippen LogP contribution is -2.16. The molecular weight excluding hydrogens is 335 g/mol. The molecule has 3 rings (SSSR count). The van der Waals surface area contributed by atoms with Gasteiger partial charge in [-0.15, -0.1) is 0 Å². The molecule has 2 heterocycles. The molecule has 0 radical (unpaired) electrons. The van der Waals surface area contributed by atoms with Gasteiger partial charge in [-0.25, -0.2) is 22.5 Å². The summed E-state index contributed by atoms with van der Waals surface area (Å²) < 4.78 is 41.1. The molecule has 0 bridgehead atoms. The van der Waals surface area contributed by atoms with Crippen molar-refractivity contribution in [2.24, 2.45) is 0 Å². The van der Waals surface area contributed by atoms with E-state index in [0.29, 0.717) is 11.5 Å². The molecule has 3 aromatic rings. The summed E-state index contributed by atoms with van der Waals surface area (Å²) in [6.07, 6.45) is 1.27. The number of hydrogen-bond acceptors (Lipinski definition) is 4. The van der Waals surface area contributed by atoms with E-state index in [1.807, 2.05) is 0 Å². The summed E-state index contributed by atoms with van der Waals surface area (Å²) in [5.41, 5.74) is 0.602. The van der Waals surface area contributed by atoms with Crippen LogP contribution in [0.1, 0.15) is 5.69 Å². The summed E-state index contributed by atoms with van der Waals surface area (Å²) in [5, 5.41) is 2.82. The van der Waals surface area contributed by atoms with Gasteiger partial charge in [0.25, 0.3) is 15.6 Å². The number of aryl methyl sites for hydroxylation is 1. The summed E-state index contributed by atoms with van der Waals surface area (Å²) in [6, 6.07) is 9.04. The van der Waals surface area contributed by atoms with Crippen LogP contribution in [0.25, 0.3) is 5.82 Å². The van der Waals surface area contributed by atoms with E-state index in [0.717, 1.165) is 12.1 Å². The highest BCUT2D eigenvalue weighted by atomic mass is 32.2. The molecule has 0 saturated carbocycles. The van der Waals surface area contributed by atoms with Gasteiger partial charge in [0.2, 0.25) is 0 Å². The van der Waals surface area contributed by atoms with Crippen LogP contribution in [0.15, 0.2) is 58.4 Å². The number of nitrogens with one attached hydrogen (secondary N) is 2. The van der Waals surface area contributed by atoms with Gasteiger partial charge in [-0.3, -0.25) is 14.6 Å². The maximum atomic E-state index is 13.2. The predicted octanol–water partition coefficient (Wildman–Crippen LogP) is 1.81. The molecular formula is C15H13FN4O3S. The van der Waals surface area contributed by atoms with Crippen LogP contribution in [-0.4, -0.2) is 23.2 Å². The van der Waals surface area contributed by atoms with Crippen LogP contribution < -0.4 is 10.3 Å². The molecule has 24 heavy (non-hydrogen) atoms. The summed E-state index contributed by atoms with van der Waals surface area (Å²) in [6.45, 7) is 1.74. The zero-order valence-corrected chi connectivity index (χ0v) is 13.3. The summed E-state index contributed by atoms with van der Waals surface area (Å²) in [5.74, 6) is -0.324. The van der Waals surface area contributed by atoms with Gasteiger partial charge in [0.15, 0.2) is 5.82 Å². The van der Waals surface area contributed by atoms with Gasteiger partial charge in [0.05, 0.1) is 16.8 Å². The number of rotatable bonds is 4. The quantitative estimate of drug-likeness (QED) is 0.751. The Labute approximate surface area is 136 Å². The number of sulfonamides is 1. The van der Waals surface area contributed by atoms with Crippen molar-refractivity contribution in [3.63, 3.8) is 0 Å². The van der Waals surface area contributed by atoms with E-state index in [9.17, 15) is 17.6 Å². The monoisotopic (exact) mass is 348 g/mol. The lowest BCUT2D eigenvalue weighted by molar-refractivity contribution is 0.595. The molecule has 0 unspecified atom stereocenters. The maximum Gasteiger partial charge on any atom is 0.272 e. The average molecular weight is 348 g/mol. The van der Waals surface area contributed by atoms with Crippen molar-refractivity contribution in [2.45, 2.75) is 11.8 Å². The van der Waals surface area contributed by atoms with E-state index in [-0.39, 0.29) is 16.1 Å². The van der Waals surface area contributed by atoms with E-state index in [1.165, 1.54) is 41.2 Å². The van der Waals surface area contributed by atoms with E-state index in [1.54, 1.807) is 6.92 Å². The van der Waals surface area contributed by atoms with Crippen molar-refractivity contribution in [1.29, 1.82) is 0 Å². The fourth-order valence-electron chi connectivity index (χ4n) is 2.11. The Hall–Kier alpha value is -2.94. The zero-order chi connectivity index (χ0) is 17.3. The Morgan fingerprint density at radius 3 is 2.58 bits per heavy atom. The number of nitrogens with zero attached hydrogens (tertiary/aromatic N) is 2. The van der Waals surface area contributed by atoms with Crippen molar-refractivity contribution < 1.29 is 12.8 Å². The topological polar surface area (TPSA) is 96.8 Å². The second kappa shape index (κ2) is 5.93. The van der Waals surface area contributed by atoms with Gasteiger partial charge in [-0.05, 0) is 37.3 Å². The molecule has 0 spiro atoms. The molecule has 0 amide bonds. The van der Waals surface area contributed by atoms with Gasteiger partial charge >= 0.3 is 0 Å². The number of aromatic nitrogens is 3. The van der Waals surface area contributed by atoms with Crippen LogP contribution in [0.5, 0.6) is 0 Å². The molecule has 0 atom stereocenters. The molecule has 7 nitrogen and oxygen atoms in total. The maximum absolute atomic E-state index is 13.2. The van der Waals surface area contributed by atoms with Crippen LogP contribution in [0.4, 0.5) is 10.1 Å². The molecule has 0 fully saturated rings. The molecule has 0 aliphatic rings. The fraction of sp³-hybridized carbons (Fsp3) is 0.0667. The summed E-state index contributed by atoms with van der Waals surface area (Å²) in [4.78, 5) is 15.6. The van der Waals surface area contributed by atoms with Crippen LogP contribution in [0.3, 0.4) is 0 Å². The van der Waals surface area contributed by atoms with Crippen LogP contribution in [0.2, 0.25) is 0 Å². The van der Waals surface area contributed by atoms with Crippen molar-refractivity contribution >= 4 is 15.7 Å². The first-order valence-corrected chi connectivity index (χ1v) is 8.37. The van der Waals surface area contributed by atoms with Gasteiger partial charge in [-0.2, -0.15) is 0 Å². The minimum atomic E-state index is -3.92. The fourth-order valence-corrected chi connectivity index (χ4v) is 3.18. The Kier molecular flexibility index (Phi) is 3.94. The van der Waals surface area contributed by atoms with Gasteiger partial charge in [0.1, 0.15) is 5.82 Å². The summed E-state index contributed by atoms with van der Waals surface area (Å²) >= 11 is 0. The predicted molar refractivity (Wildman–Crippen MR) is 86.1 cm³/mol. The third-order valence-corrected chi connectivity index (χ3v) is 4.56. The van der Waals surface area contributed by atoms with Crippen molar-refractivity contribution in [3.05, 3.63) is 70.5 Å². The van der Waals surface area contributed by atoms with E-state index < -0.39 is 15.8 Å². The molecule has 2 aromatic heterocycles. The highest BCUT2D eigenvalue weighted by Gasteiger charge is 2.15. The smallest absolute Gasteiger partial charge is 0.272 e. The summed E-state index contributed by atoms with van der Waals surface area (Å²) in [7, 11) is -3.92.